The summed E-state index contributed by atoms with van der Waals surface area (Å²) in [5, 5.41) is 11.0. The van der Waals surface area contributed by atoms with Gasteiger partial charge in [-0.25, -0.2) is 4.79 Å². The predicted octanol–water partition coefficient (Wildman–Crippen LogP) is 2.10. The molecule has 0 unspecified atom stereocenters. The second kappa shape index (κ2) is 4.93. The summed E-state index contributed by atoms with van der Waals surface area (Å²) in [6.07, 6.45) is 0.560. The topological polar surface area (TPSA) is 83.5 Å². The summed E-state index contributed by atoms with van der Waals surface area (Å²) in [7, 11) is 0. The molecule has 1 amide bonds. The molecule has 2 N–H and O–H groups in total. The molecular weight excluding hydrogens is 292 g/mol. The molecule has 2 rings (SSSR count). The Hall–Kier alpha value is -1.83. The summed E-state index contributed by atoms with van der Waals surface area (Å²) in [4.78, 5) is 34.4. The van der Waals surface area contributed by atoms with E-state index in [0.717, 1.165) is 11.3 Å². The molecule has 1 aromatic heterocycles. The van der Waals surface area contributed by atoms with Crippen LogP contribution in [0.25, 0.3) is 0 Å². The second-order valence-corrected chi connectivity index (χ2v) is 5.68. The van der Waals surface area contributed by atoms with E-state index in [9.17, 15) is 28.3 Å². The molecular formula is C12H11F2NO4S. The summed E-state index contributed by atoms with van der Waals surface area (Å²) >= 11 is 0.872. The van der Waals surface area contributed by atoms with Gasteiger partial charge in [-0.15, -0.1) is 11.3 Å². The van der Waals surface area contributed by atoms with Crippen LogP contribution in [0.2, 0.25) is 0 Å². The first-order valence-corrected chi connectivity index (χ1v) is 6.60. The molecule has 0 aliphatic heterocycles. The molecule has 1 heterocycles. The average Bonchev–Trinajstić information content (AvgIpc) is 2.64. The number of Topliss-reactive ketones (excluding diaryl/α,β-unsaturated/α-hetero) is 1. The normalized spacial score (nSPS) is 14.8. The Morgan fingerprint density at radius 1 is 1.35 bits per heavy atom. The Bertz CT molecular complexity index is 603. The third-order valence-electron chi connectivity index (χ3n) is 2.94. The maximum Gasteiger partial charge on any atom is 0.339 e. The van der Waals surface area contributed by atoms with Crippen LogP contribution in [0.1, 0.15) is 34.1 Å². The van der Waals surface area contributed by atoms with Crippen molar-refractivity contribution >= 4 is 34.0 Å². The number of rotatable bonds is 3. The first-order chi connectivity index (χ1) is 9.20. The molecule has 0 aromatic carbocycles. The maximum absolute atomic E-state index is 12.9. The number of carbonyl (C=O) groups is 3. The lowest BCUT2D eigenvalue weighted by Gasteiger charge is -2.11. The van der Waals surface area contributed by atoms with Crippen LogP contribution in [-0.4, -0.2) is 28.7 Å². The van der Waals surface area contributed by atoms with Crippen LogP contribution in [-0.2, 0) is 22.4 Å². The minimum atomic E-state index is -3.60. The van der Waals surface area contributed by atoms with E-state index in [1.807, 2.05) is 5.32 Å². The molecule has 1 aromatic rings. The molecule has 0 saturated heterocycles. The molecule has 1 aliphatic rings. The minimum absolute atomic E-state index is 0.0330. The third-order valence-corrected chi connectivity index (χ3v) is 4.09. The van der Waals surface area contributed by atoms with Gasteiger partial charge in [-0.2, -0.15) is 8.78 Å². The molecule has 0 spiro atoms. The summed E-state index contributed by atoms with van der Waals surface area (Å²) in [6.45, 7) is 0.430. The Morgan fingerprint density at radius 2 is 2.00 bits per heavy atom. The van der Waals surface area contributed by atoms with Gasteiger partial charge in [0.25, 0.3) is 5.91 Å². The summed E-state index contributed by atoms with van der Waals surface area (Å²) in [5.74, 6) is -6.50. The number of aromatic carboxylic acids is 1. The highest BCUT2D eigenvalue weighted by atomic mass is 32.1. The van der Waals surface area contributed by atoms with Crippen LogP contribution in [0.5, 0.6) is 0 Å². The number of anilines is 1. The summed E-state index contributed by atoms with van der Waals surface area (Å²) in [6, 6.07) is 0. The highest BCUT2D eigenvalue weighted by molar-refractivity contribution is 7.17. The zero-order valence-electron chi connectivity index (χ0n) is 10.5. The van der Waals surface area contributed by atoms with Crippen molar-refractivity contribution in [2.45, 2.75) is 32.1 Å². The minimum Gasteiger partial charge on any atom is -0.478 e. The van der Waals surface area contributed by atoms with Gasteiger partial charge in [0.15, 0.2) is 0 Å². The van der Waals surface area contributed by atoms with Gasteiger partial charge in [0.2, 0.25) is 0 Å². The Kier molecular flexibility index (Phi) is 3.59. The smallest absolute Gasteiger partial charge is 0.339 e. The van der Waals surface area contributed by atoms with Crippen molar-refractivity contribution in [3.63, 3.8) is 0 Å². The van der Waals surface area contributed by atoms with Crippen molar-refractivity contribution in [3.05, 3.63) is 16.0 Å². The van der Waals surface area contributed by atoms with Gasteiger partial charge in [-0.3, -0.25) is 9.59 Å². The van der Waals surface area contributed by atoms with Crippen molar-refractivity contribution in [3.8, 4) is 0 Å². The standard InChI is InChI=1S/C12H11F2NO4S/c1-12(13,14)11(19)15-9-8(10(17)18)6-3-2-5(16)4-7(6)20-9/h2-4H2,1H3,(H,15,19)(H,17,18). The van der Waals surface area contributed by atoms with Gasteiger partial charge in [0.1, 0.15) is 10.8 Å². The molecule has 1 aliphatic carbocycles. The number of thiophene rings is 1. The van der Waals surface area contributed by atoms with Crippen molar-refractivity contribution in [1.29, 1.82) is 0 Å². The highest BCUT2D eigenvalue weighted by Gasteiger charge is 2.35. The van der Waals surface area contributed by atoms with E-state index < -0.39 is 17.8 Å². The first kappa shape index (κ1) is 14.6. The zero-order valence-corrected chi connectivity index (χ0v) is 11.3. The molecule has 0 fully saturated rings. The number of fused-ring (bicyclic) bond motifs is 1. The number of carbonyl (C=O) groups excluding carboxylic acids is 2. The molecule has 0 atom stereocenters. The molecule has 20 heavy (non-hydrogen) atoms. The van der Waals surface area contributed by atoms with E-state index >= 15 is 0 Å². The lowest BCUT2D eigenvalue weighted by Crippen LogP contribution is -2.31. The number of nitrogens with one attached hydrogen (secondary N) is 1. The molecule has 0 bridgehead atoms. The maximum atomic E-state index is 12.9. The van der Waals surface area contributed by atoms with Crippen LogP contribution in [0.4, 0.5) is 13.8 Å². The van der Waals surface area contributed by atoms with E-state index in [1.54, 1.807) is 0 Å². The number of amides is 1. The van der Waals surface area contributed by atoms with E-state index in [4.69, 9.17) is 0 Å². The molecule has 8 heteroatoms. The number of alkyl halides is 2. The highest BCUT2D eigenvalue weighted by Crippen LogP contribution is 2.37. The van der Waals surface area contributed by atoms with Crippen LogP contribution in [0.3, 0.4) is 0 Å². The van der Waals surface area contributed by atoms with Gasteiger partial charge in [0.05, 0.1) is 5.56 Å². The predicted molar refractivity (Wildman–Crippen MR) is 67.6 cm³/mol. The van der Waals surface area contributed by atoms with Crippen LogP contribution >= 0.6 is 11.3 Å². The number of halogens is 2. The fourth-order valence-corrected chi connectivity index (χ4v) is 3.24. The monoisotopic (exact) mass is 303 g/mol. The number of ketones is 1. The molecule has 5 nitrogen and oxygen atoms in total. The lowest BCUT2D eigenvalue weighted by molar-refractivity contribution is -0.137. The summed E-state index contributed by atoms with van der Waals surface area (Å²) < 4.78 is 25.7. The van der Waals surface area contributed by atoms with Crippen molar-refractivity contribution in [2.75, 3.05) is 5.32 Å². The van der Waals surface area contributed by atoms with Crippen LogP contribution in [0, 0.1) is 0 Å². The van der Waals surface area contributed by atoms with Crippen LogP contribution < -0.4 is 5.32 Å². The molecule has 0 radical (unpaired) electrons. The number of hydrogen-bond acceptors (Lipinski definition) is 4. The van der Waals surface area contributed by atoms with Gasteiger partial charge < -0.3 is 10.4 Å². The van der Waals surface area contributed by atoms with Gasteiger partial charge in [-0.05, 0) is 12.0 Å². The third kappa shape index (κ3) is 2.69. The number of hydrogen-bond donors (Lipinski definition) is 2. The number of carboxylic acids is 1. The lowest BCUT2D eigenvalue weighted by atomic mass is 9.94. The first-order valence-electron chi connectivity index (χ1n) is 5.79. The van der Waals surface area contributed by atoms with Crippen LogP contribution in [0.15, 0.2) is 0 Å². The van der Waals surface area contributed by atoms with Gasteiger partial charge >= 0.3 is 11.9 Å². The van der Waals surface area contributed by atoms with Crippen molar-refractivity contribution in [2.24, 2.45) is 0 Å². The van der Waals surface area contributed by atoms with E-state index in [0.29, 0.717) is 17.4 Å². The Labute approximate surface area is 116 Å². The molecule has 0 saturated carbocycles. The van der Waals surface area contributed by atoms with Gasteiger partial charge in [-0.1, -0.05) is 0 Å². The summed E-state index contributed by atoms with van der Waals surface area (Å²) in [5.41, 5.74) is 0.270. The molecule has 108 valence electrons. The van der Waals surface area contributed by atoms with E-state index in [1.165, 1.54) is 0 Å². The Balaban J connectivity index is 2.41. The zero-order chi connectivity index (χ0) is 15.1. The average molecular weight is 303 g/mol. The van der Waals surface area contributed by atoms with E-state index in [2.05, 4.69) is 0 Å². The SMILES string of the molecule is CC(F)(F)C(=O)Nc1sc2c(c1C(=O)O)CCC(=O)C2. The van der Waals surface area contributed by atoms with Crippen molar-refractivity contribution in [1.82, 2.24) is 0 Å². The number of carboxylic acid groups (broad SMARTS) is 1. The van der Waals surface area contributed by atoms with E-state index in [-0.39, 0.29) is 35.6 Å². The quantitative estimate of drug-likeness (QED) is 0.895. The Morgan fingerprint density at radius 3 is 2.55 bits per heavy atom. The fraction of sp³-hybridized carbons (Fsp3) is 0.417. The second-order valence-electron chi connectivity index (χ2n) is 4.57. The van der Waals surface area contributed by atoms with Gasteiger partial charge in [0, 0.05) is 24.6 Å². The van der Waals surface area contributed by atoms with Crippen molar-refractivity contribution < 1.29 is 28.3 Å². The largest absolute Gasteiger partial charge is 0.478 e. The fourth-order valence-electron chi connectivity index (χ4n) is 1.98.